The van der Waals surface area contributed by atoms with E-state index < -0.39 is 11.8 Å². The van der Waals surface area contributed by atoms with Gasteiger partial charge in [-0.2, -0.15) is 0 Å². The quantitative estimate of drug-likeness (QED) is 0.715. The van der Waals surface area contributed by atoms with Crippen molar-refractivity contribution in [2.75, 3.05) is 5.32 Å². The maximum absolute atomic E-state index is 12.5. The molecule has 130 valence electrons. The van der Waals surface area contributed by atoms with Gasteiger partial charge in [0, 0.05) is 23.4 Å². The number of ether oxygens (including phenoxy) is 1. The van der Waals surface area contributed by atoms with E-state index in [1.165, 1.54) is 30.5 Å². The van der Waals surface area contributed by atoms with E-state index in [0.29, 0.717) is 11.3 Å². The lowest BCUT2D eigenvalue weighted by Gasteiger charge is -2.10. The lowest BCUT2D eigenvalue weighted by atomic mass is 10.1. The second-order valence-corrected chi connectivity index (χ2v) is 5.72. The minimum atomic E-state index is -0.611. The molecule has 0 aliphatic rings. The lowest BCUT2D eigenvalue weighted by Crippen LogP contribution is -2.15. The summed E-state index contributed by atoms with van der Waals surface area (Å²) in [4.78, 5) is 27.9. The minimum Gasteiger partial charge on any atom is -0.439 e. The van der Waals surface area contributed by atoms with Crippen LogP contribution < -0.4 is 15.8 Å². The standard InChI is InChI=1S/C19H14ClN3O3/c20-15-7-6-12(18(21)24)10-16(15)23-19(25)13-8-9-22-17(11-13)26-14-4-2-1-3-5-14/h1-11H,(H2,21,24)(H,23,25). The van der Waals surface area contributed by atoms with Crippen LogP contribution in [0.4, 0.5) is 5.69 Å². The summed E-state index contributed by atoms with van der Waals surface area (Å²) in [5.41, 5.74) is 6.10. The molecule has 0 atom stereocenters. The Morgan fingerprint density at radius 1 is 1.00 bits per heavy atom. The van der Waals surface area contributed by atoms with Gasteiger partial charge in [0.1, 0.15) is 5.75 Å². The Balaban J connectivity index is 1.79. The summed E-state index contributed by atoms with van der Waals surface area (Å²) in [6.07, 6.45) is 1.47. The van der Waals surface area contributed by atoms with Crippen molar-refractivity contribution in [2.24, 2.45) is 5.73 Å². The average molecular weight is 368 g/mol. The molecule has 26 heavy (non-hydrogen) atoms. The highest BCUT2D eigenvalue weighted by molar-refractivity contribution is 6.34. The zero-order valence-electron chi connectivity index (χ0n) is 13.5. The van der Waals surface area contributed by atoms with Gasteiger partial charge in [-0.15, -0.1) is 0 Å². The highest BCUT2D eigenvalue weighted by atomic mass is 35.5. The Kier molecular flexibility index (Phi) is 5.15. The SMILES string of the molecule is NC(=O)c1ccc(Cl)c(NC(=O)c2ccnc(Oc3ccccc3)c2)c1. The number of halogens is 1. The van der Waals surface area contributed by atoms with E-state index in [1.54, 1.807) is 18.2 Å². The van der Waals surface area contributed by atoms with Crippen molar-refractivity contribution in [3.8, 4) is 11.6 Å². The van der Waals surface area contributed by atoms with Crippen LogP contribution in [0.15, 0.2) is 66.9 Å². The number of carbonyl (C=O) groups excluding carboxylic acids is 2. The zero-order valence-corrected chi connectivity index (χ0v) is 14.2. The fourth-order valence-electron chi connectivity index (χ4n) is 2.18. The van der Waals surface area contributed by atoms with Crippen LogP contribution in [0.1, 0.15) is 20.7 Å². The Morgan fingerprint density at radius 3 is 2.50 bits per heavy atom. The number of pyridine rings is 1. The van der Waals surface area contributed by atoms with E-state index in [0.717, 1.165) is 0 Å². The summed E-state index contributed by atoms with van der Waals surface area (Å²) >= 11 is 6.07. The number of primary amides is 1. The van der Waals surface area contributed by atoms with Crippen LogP contribution in [0.3, 0.4) is 0 Å². The number of benzene rings is 2. The Bertz CT molecular complexity index is 961. The molecule has 0 spiro atoms. The number of aromatic nitrogens is 1. The van der Waals surface area contributed by atoms with Crippen molar-refractivity contribution in [3.05, 3.63) is 83.0 Å². The molecule has 0 aliphatic heterocycles. The topological polar surface area (TPSA) is 94.3 Å². The number of nitrogens with one attached hydrogen (secondary N) is 1. The predicted octanol–water partition coefficient (Wildman–Crippen LogP) is 3.88. The summed E-state index contributed by atoms with van der Waals surface area (Å²) < 4.78 is 5.62. The number of nitrogens with two attached hydrogens (primary N) is 1. The van der Waals surface area contributed by atoms with Gasteiger partial charge in [-0.25, -0.2) is 4.98 Å². The Morgan fingerprint density at radius 2 is 1.77 bits per heavy atom. The Labute approximate surface area is 154 Å². The molecular formula is C19H14ClN3O3. The third-order valence-electron chi connectivity index (χ3n) is 3.46. The first-order valence-electron chi connectivity index (χ1n) is 7.62. The van der Waals surface area contributed by atoms with E-state index in [2.05, 4.69) is 10.3 Å². The lowest BCUT2D eigenvalue weighted by molar-refractivity contribution is 0.0996. The third-order valence-corrected chi connectivity index (χ3v) is 3.79. The molecule has 6 nitrogen and oxygen atoms in total. The van der Waals surface area contributed by atoms with Crippen molar-refractivity contribution >= 4 is 29.1 Å². The smallest absolute Gasteiger partial charge is 0.255 e. The van der Waals surface area contributed by atoms with E-state index >= 15 is 0 Å². The van der Waals surface area contributed by atoms with Crippen LogP contribution in [0.5, 0.6) is 11.6 Å². The van der Waals surface area contributed by atoms with Gasteiger partial charge in [0.05, 0.1) is 10.7 Å². The van der Waals surface area contributed by atoms with E-state index in [-0.39, 0.29) is 22.2 Å². The fraction of sp³-hybridized carbons (Fsp3) is 0. The third kappa shape index (κ3) is 4.17. The second-order valence-electron chi connectivity index (χ2n) is 5.31. The monoisotopic (exact) mass is 367 g/mol. The number of para-hydroxylation sites is 1. The first-order valence-corrected chi connectivity index (χ1v) is 8.00. The Hall–Kier alpha value is -3.38. The molecule has 0 saturated carbocycles. The van der Waals surface area contributed by atoms with Crippen LogP contribution in [0.25, 0.3) is 0 Å². The number of carbonyl (C=O) groups is 2. The molecule has 0 unspecified atom stereocenters. The molecule has 0 radical (unpaired) electrons. The number of rotatable bonds is 5. The molecule has 1 heterocycles. The van der Waals surface area contributed by atoms with E-state index in [9.17, 15) is 9.59 Å². The summed E-state index contributed by atoms with van der Waals surface area (Å²) in [6, 6.07) is 16.5. The zero-order chi connectivity index (χ0) is 18.5. The van der Waals surface area contributed by atoms with Crippen molar-refractivity contribution in [1.29, 1.82) is 0 Å². The number of anilines is 1. The largest absolute Gasteiger partial charge is 0.439 e. The van der Waals surface area contributed by atoms with Gasteiger partial charge in [0.15, 0.2) is 0 Å². The molecule has 0 fully saturated rings. The number of amides is 2. The molecule has 3 rings (SSSR count). The number of hydrogen-bond acceptors (Lipinski definition) is 4. The summed E-state index contributed by atoms with van der Waals surface area (Å²) in [7, 11) is 0. The summed E-state index contributed by atoms with van der Waals surface area (Å²) in [5.74, 6) is -0.149. The van der Waals surface area contributed by atoms with Crippen molar-refractivity contribution in [3.63, 3.8) is 0 Å². The van der Waals surface area contributed by atoms with Gasteiger partial charge in [-0.1, -0.05) is 29.8 Å². The van der Waals surface area contributed by atoms with Gasteiger partial charge in [-0.3, -0.25) is 9.59 Å². The second kappa shape index (κ2) is 7.67. The highest BCUT2D eigenvalue weighted by Crippen LogP contribution is 2.24. The maximum atomic E-state index is 12.5. The molecule has 2 amide bonds. The average Bonchev–Trinajstić information content (AvgIpc) is 2.64. The molecule has 3 aromatic rings. The van der Waals surface area contributed by atoms with Crippen molar-refractivity contribution in [1.82, 2.24) is 4.98 Å². The maximum Gasteiger partial charge on any atom is 0.255 e. The first-order chi connectivity index (χ1) is 12.5. The highest BCUT2D eigenvalue weighted by Gasteiger charge is 2.12. The molecule has 2 aromatic carbocycles. The predicted molar refractivity (Wildman–Crippen MR) is 98.7 cm³/mol. The van der Waals surface area contributed by atoms with Gasteiger partial charge in [0.25, 0.3) is 5.91 Å². The molecule has 1 aromatic heterocycles. The van der Waals surface area contributed by atoms with E-state index in [1.807, 2.05) is 18.2 Å². The van der Waals surface area contributed by atoms with Crippen LogP contribution in [-0.4, -0.2) is 16.8 Å². The van der Waals surface area contributed by atoms with Gasteiger partial charge in [0.2, 0.25) is 11.8 Å². The summed E-state index contributed by atoms with van der Waals surface area (Å²) in [6.45, 7) is 0. The number of hydrogen-bond donors (Lipinski definition) is 2. The van der Waals surface area contributed by atoms with Crippen LogP contribution in [0, 0.1) is 0 Å². The van der Waals surface area contributed by atoms with Crippen LogP contribution >= 0.6 is 11.6 Å². The summed E-state index contributed by atoms with van der Waals surface area (Å²) in [5, 5.41) is 2.94. The fourth-order valence-corrected chi connectivity index (χ4v) is 2.35. The van der Waals surface area contributed by atoms with E-state index in [4.69, 9.17) is 22.1 Å². The first kappa shape index (κ1) is 17.4. The molecule has 0 bridgehead atoms. The van der Waals surface area contributed by atoms with Crippen LogP contribution in [-0.2, 0) is 0 Å². The van der Waals surface area contributed by atoms with Crippen molar-refractivity contribution in [2.45, 2.75) is 0 Å². The van der Waals surface area contributed by atoms with Gasteiger partial charge in [-0.05, 0) is 36.4 Å². The molecule has 3 N–H and O–H groups in total. The van der Waals surface area contributed by atoms with Crippen LogP contribution in [0.2, 0.25) is 5.02 Å². The normalized spacial score (nSPS) is 10.2. The molecule has 0 aliphatic carbocycles. The molecule has 7 heteroatoms. The molecular weight excluding hydrogens is 354 g/mol. The molecule has 0 saturated heterocycles. The van der Waals surface area contributed by atoms with Gasteiger partial charge < -0.3 is 15.8 Å². The minimum absolute atomic E-state index is 0.243. The van der Waals surface area contributed by atoms with Gasteiger partial charge >= 0.3 is 0 Å². The van der Waals surface area contributed by atoms with Crippen molar-refractivity contribution < 1.29 is 14.3 Å². The number of nitrogens with zero attached hydrogens (tertiary/aromatic N) is 1.